The Hall–Kier alpha value is -2.18. The van der Waals surface area contributed by atoms with Crippen LogP contribution in [0, 0.1) is 0 Å². The monoisotopic (exact) mass is 302 g/mol. The Morgan fingerprint density at radius 2 is 2.00 bits per heavy atom. The van der Waals surface area contributed by atoms with E-state index < -0.39 is 12.6 Å². The number of carbonyl (C=O) groups excluding carboxylic acids is 2. The molecular formula is C14H16F2O5. The molecule has 0 aliphatic carbocycles. The first-order valence-corrected chi connectivity index (χ1v) is 6.29. The van der Waals surface area contributed by atoms with Crippen LogP contribution in [0.4, 0.5) is 8.78 Å². The zero-order valence-corrected chi connectivity index (χ0v) is 11.7. The summed E-state index contributed by atoms with van der Waals surface area (Å²) in [5.74, 6) is -1.44. The fourth-order valence-corrected chi connectivity index (χ4v) is 1.67. The number of aryl methyl sites for hydroxylation is 1. The molecule has 7 heteroatoms. The average molecular weight is 302 g/mol. The van der Waals surface area contributed by atoms with E-state index in [1.807, 2.05) is 0 Å². The van der Waals surface area contributed by atoms with Crippen LogP contribution in [0.15, 0.2) is 18.2 Å². The van der Waals surface area contributed by atoms with Gasteiger partial charge in [0.2, 0.25) is 0 Å². The summed E-state index contributed by atoms with van der Waals surface area (Å²) >= 11 is 0. The molecule has 1 aromatic carbocycles. The number of esters is 2. The maximum Gasteiger partial charge on any atom is 0.387 e. The first-order valence-electron chi connectivity index (χ1n) is 6.29. The van der Waals surface area contributed by atoms with Crippen LogP contribution in [0.25, 0.3) is 0 Å². The molecule has 0 unspecified atom stereocenters. The second-order valence-corrected chi connectivity index (χ2v) is 4.01. The number of ether oxygens (including phenoxy) is 3. The molecule has 1 rings (SSSR count). The number of rotatable bonds is 7. The summed E-state index contributed by atoms with van der Waals surface area (Å²) < 4.78 is 38.3. The standard InChI is InChI=1S/C14H16F2O5/c1-3-20-12(17)7-5-9-4-6-10(13(18)19-2)11(8-9)21-14(15)16/h4,6,8,14H,3,5,7H2,1-2H3. The first kappa shape index (κ1) is 16.9. The summed E-state index contributed by atoms with van der Waals surface area (Å²) in [6, 6.07) is 4.16. The largest absolute Gasteiger partial charge is 0.466 e. The lowest BCUT2D eigenvalue weighted by Gasteiger charge is -2.11. The van der Waals surface area contributed by atoms with Crippen LogP contribution in [-0.2, 0) is 20.7 Å². The maximum atomic E-state index is 12.4. The molecule has 0 radical (unpaired) electrons. The highest BCUT2D eigenvalue weighted by Crippen LogP contribution is 2.24. The van der Waals surface area contributed by atoms with Gasteiger partial charge in [0.15, 0.2) is 0 Å². The quantitative estimate of drug-likeness (QED) is 0.724. The number of methoxy groups -OCH3 is 1. The molecule has 0 aromatic heterocycles. The Bertz CT molecular complexity index is 502. The average Bonchev–Trinajstić information content (AvgIpc) is 2.44. The molecule has 116 valence electrons. The molecule has 5 nitrogen and oxygen atoms in total. The van der Waals surface area contributed by atoms with Gasteiger partial charge in [-0.15, -0.1) is 0 Å². The van der Waals surface area contributed by atoms with Crippen LogP contribution in [0.2, 0.25) is 0 Å². The molecule has 0 aliphatic heterocycles. The molecule has 21 heavy (non-hydrogen) atoms. The van der Waals surface area contributed by atoms with Gasteiger partial charge < -0.3 is 14.2 Å². The van der Waals surface area contributed by atoms with Gasteiger partial charge in [0.25, 0.3) is 0 Å². The van der Waals surface area contributed by atoms with Crippen LogP contribution in [0.1, 0.15) is 29.3 Å². The summed E-state index contributed by atoms with van der Waals surface area (Å²) in [5, 5.41) is 0. The van der Waals surface area contributed by atoms with Crippen LogP contribution < -0.4 is 4.74 Å². The molecule has 0 fully saturated rings. The maximum absolute atomic E-state index is 12.4. The van der Waals surface area contributed by atoms with E-state index in [4.69, 9.17) is 4.74 Å². The van der Waals surface area contributed by atoms with E-state index in [1.165, 1.54) is 12.1 Å². The van der Waals surface area contributed by atoms with Gasteiger partial charge in [0.05, 0.1) is 13.7 Å². The molecule has 0 spiro atoms. The molecule has 0 bridgehead atoms. The SMILES string of the molecule is CCOC(=O)CCc1ccc(C(=O)OC)c(OC(F)F)c1. The molecule has 0 aliphatic rings. The highest BCUT2D eigenvalue weighted by atomic mass is 19.3. The van der Waals surface area contributed by atoms with Gasteiger partial charge in [-0.3, -0.25) is 4.79 Å². The fraction of sp³-hybridized carbons (Fsp3) is 0.429. The minimum atomic E-state index is -3.06. The van der Waals surface area contributed by atoms with Crippen molar-refractivity contribution >= 4 is 11.9 Å². The Balaban J connectivity index is 2.88. The van der Waals surface area contributed by atoms with Crippen molar-refractivity contribution in [2.75, 3.05) is 13.7 Å². The van der Waals surface area contributed by atoms with Gasteiger partial charge >= 0.3 is 18.6 Å². The van der Waals surface area contributed by atoms with E-state index in [2.05, 4.69) is 9.47 Å². The van der Waals surface area contributed by atoms with Crippen LogP contribution in [-0.4, -0.2) is 32.3 Å². The summed E-state index contributed by atoms with van der Waals surface area (Å²) in [4.78, 5) is 22.7. The molecule has 0 N–H and O–H groups in total. The number of hydrogen-bond acceptors (Lipinski definition) is 5. The normalized spacial score (nSPS) is 10.3. The lowest BCUT2D eigenvalue weighted by Crippen LogP contribution is -2.10. The third kappa shape index (κ3) is 5.37. The van der Waals surface area contributed by atoms with Crippen molar-refractivity contribution in [1.82, 2.24) is 0 Å². The van der Waals surface area contributed by atoms with Gasteiger partial charge in [-0.05, 0) is 31.0 Å². The van der Waals surface area contributed by atoms with E-state index in [0.717, 1.165) is 7.11 Å². The predicted octanol–water partition coefficient (Wildman–Crippen LogP) is 2.57. The third-order valence-electron chi connectivity index (χ3n) is 2.59. The highest BCUT2D eigenvalue weighted by Gasteiger charge is 2.17. The van der Waals surface area contributed by atoms with Crippen molar-refractivity contribution in [1.29, 1.82) is 0 Å². The molecule has 0 saturated heterocycles. The molecule has 0 saturated carbocycles. The molecule has 1 aromatic rings. The number of hydrogen-bond donors (Lipinski definition) is 0. The number of alkyl halides is 2. The Morgan fingerprint density at radius 3 is 2.57 bits per heavy atom. The predicted molar refractivity (Wildman–Crippen MR) is 69.4 cm³/mol. The molecule has 0 amide bonds. The Labute approximate surface area is 120 Å². The van der Waals surface area contributed by atoms with Crippen molar-refractivity contribution in [2.24, 2.45) is 0 Å². The van der Waals surface area contributed by atoms with Crippen LogP contribution >= 0.6 is 0 Å². The minimum absolute atomic E-state index is 0.0994. The highest BCUT2D eigenvalue weighted by molar-refractivity contribution is 5.92. The van der Waals surface area contributed by atoms with E-state index in [1.54, 1.807) is 13.0 Å². The Kier molecular flexibility index (Phi) is 6.58. The lowest BCUT2D eigenvalue weighted by atomic mass is 10.1. The zero-order chi connectivity index (χ0) is 15.8. The minimum Gasteiger partial charge on any atom is -0.466 e. The number of carbonyl (C=O) groups is 2. The van der Waals surface area contributed by atoms with E-state index in [0.29, 0.717) is 12.0 Å². The van der Waals surface area contributed by atoms with Crippen LogP contribution in [0.5, 0.6) is 5.75 Å². The topological polar surface area (TPSA) is 61.8 Å². The second kappa shape index (κ2) is 8.18. The smallest absolute Gasteiger partial charge is 0.387 e. The molecule has 0 heterocycles. The third-order valence-corrected chi connectivity index (χ3v) is 2.59. The van der Waals surface area contributed by atoms with Crippen molar-refractivity contribution in [3.63, 3.8) is 0 Å². The summed E-state index contributed by atoms with van der Waals surface area (Å²) in [5.41, 5.74) is 0.476. The molecule has 0 atom stereocenters. The van der Waals surface area contributed by atoms with E-state index in [-0.39, 0.29) is 30.3 Å². The lowest BCUT2D eigenvalue weighted by molar-refractivity contribution is -0.143. The van der Waals surface area contributed by atoms with Crippen molar-refractivity contribution in [3.05, 3.63) is 29.3 Å². The van der Waals surface area contributed by atoms with Gasteiger partial charge in [0.1, 0.15) is 11.3 Å². The molecular weight excluding hydrogens is 286 g/mol. The van der Waals surface area contributed by atoms with Crippen molar-refractivity contribution in [3.8, 4) is 5.75 Å². The van der Waals surface area contributed by atoms with Gasteiger partial charge in [-0.25, -0.2) is 4.79 Å². The van der Waals surface area contributed by atoms with Crippen LogP contribution in [0.3, 0.4) is 0 Å². The zero-order valence-electron chi connectivity index (χ0n) is 11.7. The summed E-state index contributed by atoms with van der Waals surface area (Å²) in [6.45, 7) is -1.09. The van der Waals surface area contributed by atoms with E-state index >= 15 is 0 Å². The Morgan fingerprint density at radius 1 is 1.29 bits per heavy atom. The van der Waals surface area contributed by atoms with E-state index in [9.17, 15) is 18.4 Å². The number of halogens is 2. The van der Waals surface area contributed by atoms with Gasteiger partial charge in [-0.1, -0.05) is 6.07 Å². The summed E-state index contributed by atoms with van der Waals surface area (Å²) in [6.07, 6.45) is 0.402. The van der Waals surface area contributed by atoms with Gasteiger partial charge in [-0.2, -0.15) is 8.78 Å². The fourth-order valence-electron chi connectivity index (χ4n) is 1.67. The van der Waals surface area contributed by atoms with Crippen molar-refractivity contribution in [2.45, 2.75) is 26.4 Å². The number of benzene rings is 1. The van der Waals surface area contributed by atoms with Gasteiger partial charge in [0, 0.05) is 6.42 Å². The van der Waals surface area contributed by atoms with Crippen molar-refractivity contribution < 1.29 is 32.6 Å². The second-order valence-electron chi connectivity index (χ2n) is 4.01. The summed E-state index contributed by atoms with van der Waals surface area (Å²) in [7, 11) is 1.14. The first-order chi connectivity index (χ1) is 9.97.